The summed E-state index contributed by atoms with van der Waals surface area (Å²) in [5, 5.41) is 8.76. The van der Waals surface area contributed by atoms with E-state index in [-0.39, 0.29) is 6.54 Å². The molecule has 78 valence electrons. The van der Waals surface area contributed by atoms with Crippen LogP contribution in [0.5, 0.6) is 0 Å². The third kappa shape index (κ3) is 3.74. The zero-order chi connectivity index (χ0) is 9.90. The number of nitrogens with zero attached hydrogens (tertiary/aromatic N) is 1. The van der Waals surface area contributed by atoms with Gasteiger partial charge in [-0.05, 0) is 0 Å². The molecule has 1 aliphatic rings. The van der Waals surface area contributed by atoms with Gasteiger partial charge in [-0.2, -0.15) is 24.9 Å². The van der Waals surface area contributed by atoms with Crippen LogP contribution in [0.4, 0.5) is 13.2 Å². The summed E-state index contributed by atoms with van der Waals surface area (Å²) < 4.78 is 35.8. The largest absolute Gasteiger partial charge is 0.415 e. The van der Waals surface area contributed by atoms with E-state index in [1.54, 1.807) is 16.7 Å². The van der Waals surface area contributed by atoms with Gasteiger partial charge < -0.3 is 5.11 Å². The molecule has 2 nitrogen and oxygen atoms in total. The molecule has 1 atom stereocenters. The van der Waals surface area contributed by atoms with Crippen molar-refractivity contribution in [2.75, 3.05) is 31.1 Å². The van der Waals surface area contributed by atoms with E-state index in [2.05, 4.69) is 0 Å². The number of hydrogen-bond donors (Lipinski definition) is 1. The second kappa shape index (κ2) is 4.52. The van der Waals surface area contributed by atoms with Crippen molar-refractivity contribution in [2.45, 2.75) is 12.3 Å². The summed E-state index contributed by atoms with van der Waals surface area (Å²) in [7, 11) is 0. The minimum absolute atomic E-state index is 0.288. The van der Waals surface area contributed by atoms with Crippen LogP contribution in [0.1, 0.15) is 0 Å². The van der Waals surface area contributed by atoms with Crippen molar-refractivity contribution in [2.24, 2.45) is 0 Å². The highest BCUT2D eigenvalue weighted by Gasteiger charge is 2.39. The van der Waals surface area contributed by atoms with Crippen LogP contribution in [-0.2, 0) is 0 Å². The molecule has 0 amide bonds. The summed E-state index contributed by atoms with van der Waals surface area (Å²) in [5.41, 5.74) is 0. The van der Waals surface area contributed by atoms with Gasteiger partial charge in [-0.25, -0.2) is 0 Å². The second-order valence-corrected chi connectivity index (χ2v) is 4.20. The van der Waals surface area contributed by atoms with E-state index in [1.807, 2.05) is 0 Å². The van der Waals surface area contributed by atoms with Crippen molar-refractivity contribution in [1.82, 2.24) is 4.90 Å². The number of hydrogen-bond acceptors (Lipinski definition) is 3. The van der Waals surface area contributed by atoms with Gasteiger partial charge in [0.25, 0.3) is 0 Å². The molecule has 0 saturated carbocycles. The zero-order valence-corrected chi connectivity index (χ0v) is 7.87. The molecule has 0 bridgehead atoms. The van der Waals surface area contributed by atoms with Crippen LogP contribution in [0, 0.1) is 0 Å². The Hall–Kier alpha value is 0.0600. The van der Waals surface area contributed by atoms with Gasteiger partial charge in [0.1, 0.15) is 0 Å². The van der Waals surface area contributed by atoms with E-state index in [9.17, 15) is 13.2 Å². The quantitative estimate of drug-likeness (QED) is 0.742. The topological polar surface area (TPSA) is 23.5 Å². The molecule has 0 aromatic heterocycles. The van der Waals surface area contributed by atoms with Crippen LogP contribution in [0.2, 0.25) is 0 Å². The van der Waals surface area contributed by atoms with E-state index in [0.29, 0.717) is 13.1 Å². The first-order valence-electron chi connectivity index (χ1n) is 4.05. The maximum Gasteiger partial charge on any atom is 0.415 e. The minimum Gasteiger partial charge on any atom is -0.382 e. The van der Waals surface area contributed by atoms with Crippen molar-refractivity contribution >= 4 is 11.8 Å². The van der Waals surface area contributed by atoms with E-state index >= 15 is 0 Å². The first-order chi connectivity index (χ1) is 6.00. The zero-order valence-electron chi connectivity index (χ0n) is 7.05. The lowest BCUT2D eigenvalue weighted by atomic mass is 10.3. The fraction of sp³-hybridized carbons (Fsp3) is 1.00. The molecular weight excluding hydrogens is 203 g/mol. The summed E-state index contributed by atoms with van der Waals surface area (Å²) in [6, 6.07) is 0. The Kier molecular flexibility index (Phi) is 3.87. The van der Waals surface area contributed by atoms with Crippen molar-refractivity contribution in [3.8, 4) is 0 Å². The highest BCUT2D eigenvalue weighted by Crippen LogP contribution is 2.21. The SMILES string of the molecule is O[C@H](CN1CCSCC1)C(F)(F)F. The molecule has 1 fully saturated rings. The normalized spacial score (nSPS) is 23.1. The van der Waals surface area contributed by atoms with Crippen LogP contribution >= 0.6 is 11.8 Å². The predicted octanol–water partition coefficient (Wildman–Crippen LogP) is 0.958. The van der Waals surface area contributed by atoms with Crippen LogP contribution in [0.15, 0.2) is 0 Å². The molecule has 0 spiro atoms. The number of aliphatic hydroxyl groups is 1. The molecule has 0 aromatic carbocycles. The molecule has 1 aliphatic heterocycles. The molecule has 1 N–H and O–H groups in total. The maximum absolute atomic E-state index is 11.9. The molecule has 1 saturated heterocycles. The number of thioether (sulfide) groups is 1. The van der Waals surface area contributed by atoms with Crippen LogP contribution < -0.4 is 0 Å². The van der Waals surface area contributed by atoms with Gasteiger partial charge in [-0.15, -0.1) is 0 Å². The first-order valence-corrected chi connectivity index (χ1v) is 5.20. The summed E-state index contributed by atoms with van der Waals surface area (Å²) >= 11 is 1.73. The van der Waals surface area contributed by atoms with Gasteiger partial charge in [0, 0.05) is 31.1 Å². The van der Waals surface area contributed by atoms with E-state index < -0.39 is 12.3 Å². The Morgan fingerprint density at radius 2 is 1.85 bits per heavy atom. The molecule has 1 heterocycles. The lowest BCUT2D eigenvalue weighted by Gasteiger charge is -2.28. The fourth-order valence-electron chi connectivity index (χ4n) is 1.13. The standard InChI is InChI=1S/C7H12F3NOS/c8-7(9,10)6(12)5-11-1-3-13-4-2-11/h6,12H,1-5H2/t6-/m1/s1. The Morgan fingerprint density at radius 1 is 1.31 bits per heavy atom. The maximum atomic E-state index is 11.9. The lowest BCUT2D eigenvalue weighted by molar-refractivity contribution is -0.207. The van der Waals surface area contributed by atoms with Gasteiger partial charge >= 0.3 is 6.18 Å². The number of aliphatic hydroxyl groups excluding tert-OH is 1. The predicted molar refractivity (Wildman–Crippen MR) is 45.8 cm³/mol. The Morgan fingerprint density at radius 3 is 2.31 bits per heavy atom. The van der Waals surface area contributed by atoms with Crippen molar-refractivity contribution in [3.63, 3.8) is 0 Å². The summed E-state index contributed by atoms with van der Waals surface area (Å²) in [6.45, 7) is 0.986. The second-order valence-electron chi connectivity index (χ2n) is 2.97. The van der Waals surface area contributed by atoms with Gasteiger partial charge in [0.05, 0.1) is 0 Å². The summed E-state index contributed by atoms with van der Waals surface area (Å²) in [4.78, 5) is 1.65. The van der Waals surface area contributed by atoms with E-state index in [0.717, 1.165) is 11.5 Å². The van der Waals surface area contributed by atoms with Gasteiger partial charge in [0.2, 0.25) is 0 Å². The Labute approximate surface area is 79.1 Å². The average molecular weight is 215 g/mol. The Balaban J connectivity index is 2.30. The first kappa shape index (κ1) is 11.1. The fourth-order valence-corrected chi connectivity index (χ4v) is 2.11. The van der Waals surface area contributed by atoms with Crippen molar-refractivity contribution in [3.05, 3.63) is 0 Å². The molecule has 13 heavy (non-hydrogen) atoms. The highest BCUT2D eigenvalue weighted by atomic mass is 32.2. The molecule has 0 aliphatic carbocycles. The Bertz CT molecular complexity index is 158. The molecule has 6 heteroatoms. The molecular formula is C7H12F3NOS. The number of rotatable bonds is 2. The number of β-amino-alcohol motifs (C(OH)–C–C–N with tert-alkyl or cyclic N) is 1. The van der Waals surface area contributed by atoms with E-state index in [4.69, 9.17) is 5.11 Å². The van der Waals surface area contributed by atoms with E-state index in [1.165, 1.54) is 0 Å². The van der Waals surface area contributed by atoms with Gasteiger partial charge in [-0.3, -0.25) is 4.90 Å². The molecule has 0 radical (unpaired) electrons. The lowest BCUT2D eigenvalue weighted by Crippen LogP contribution is -2.44. The van der Waals surface area contributed by atoms with Gasteiger partial charge in [-0.1, -0.05) is 0 Å². The average Bonchev–Trinajstić information content (AvgIpc) is 2.04. The number of alkyl halides is 3. The van der Waals surface area contributed by atoms with Crippen LogP contribution in [0.3, 0.4) is 0 Å². The minimum atomic E-state index is -4.48. The molecule has 1 rings (SSSR count). The monoisotopic (exact) mass is 215 g/mol. The van der Waals surface area contributed by atoms with Gasteiger partial charge in [0.15, 0.2) is 6.10 Å². The van der Waals surface area contributed by atoms with Crippen LogP contribution in [0.25, 0.3) is 0 Å². The molecule has 0 aromatic rings. The highest BCUT2D eigenvalue weighted by molar-refractivity contribution is 7.99. The third-order valence-corrected chi connectivity index (χ3v) is 2.86. The van der Waals surface area contributed by atoms with Crippen molar-refractivity contribution < 1.29 is 18.3 Å². The smallest absolute Gasteiger partial charge is 0.382 e. The summed E-state index contributed by atoms with van der Waals surface area (Å²) in [5.74, 6) is 1.70. The summed E-state index contributed by atoms with van der Waals surface area (Å²) in [6.07, 6.45) is -6.68. The number of halogens is 3. The van der Waals surface area contributed by atoms with Crippen LogP contribution in [-0.4, -0.2) is 53.4 Å². The molecule has 0 unspecified atom stereocenters. The third-order valence-electron chi connectivity index (χ3n) is 1.91. The van der Waals surface area contributed by atoms with Crippen molar-refractivity contribution in [1.29, 1.82) is 0 Å².